The largest absolute Gasteiger partial charge is 0.427 e. The Balaban J connectivity index is 1.08. The molecule has 0 N–H and O–H groups in total. The maximum Gasteiger partial charge on any atom is 0.311 e. The molecule has 0 saturated carbocycles. The van der Waals surface area contributed by atoms with Crippen LogP contribution in [0.3, 0.4) is 0 Å². The average molecular weight is 535 g/mol. The zero-order chi connectivity index (χ0) is 26.2. The van der Waals surface area contributed by atoms with E-state index in [-0.39, 0.29) is 22.3 Å². The highest BCUT2D eigenvalue weighted by Crippen LogP contribution is 2.29. The second-order valence-corrected chi connectivity index (χ2v) is 11.5. The molecule has 0 atom stereocenters. The molecule has 37 heavy (non-hydrogen) atoms. The van der Waals surface area contributed by atoms with Gasteiger partial charge in [-0.1, -0.05) is 66.7 Å². The van der Waals surface area contributed by atoms with Crippen LogP contribution in [0.5, 0.6) is 5.75 Å². The summed E-state index contributed by atoms with van der Waals surface area (Å²) < 4.78 is 5.47. The Bertz CT molecular complexity index is 1360. The number of benzene rings is 2. The topological polar surface area (TPSA) is 77.5 Å². The molecule has 1 heterocycles. The first-order chi connectivity index (χ1) is 17.9. The second-order valence-electron chi connectivity index (χ2n) is 9.27. The maximum atomic E-state index is 12.8. The molecule has 0 unspecified atom stereocenters. The minimum Gasteiger partial charge on any atom is -0.427 e. The number of carbonyl (C=O) groups excluding carboxylic acids is 3. The summed E-state index contributed by atoms with van der Waals surface area (Å²) in [7, 11) is 2.65. The Morgan fingerprint density at radius 2 is 1.38 bits per heavy atom. The number of esters is 1. The number of allylic oxidation sites excluding steroid dienone is 2. The summed E-state index contributed by atoms with van der Waals surface area (Å²) in [6.07, 6.45) is 7.91. The Kier molecular flexibility index (Phi) is 9.36. The van der Waals surface area contributed by atoms with Crippen molar-refractivity contribution in [2.24, 2.45) is 0 Å². The lowest BCUT2D eigenvalue weighted by Crippen LogP contribution is -2.20. The molecule has 0 fully saturated rings. The van der Waals surface area contributed by atoms with Crippen molar-refractivity contribution >= 4 is 38.2 Å². The number of ketones is 2. The number of fused-ring (bicyclic) bond motifs is 1. The molecule has 0 amide bonds. The van der Waals surface area contributed by atoms with Crippen molar-refractivity contribution in [1.29, 1.82) is 0 Å². The first-order valence-electron chi connectivity index (χ1n) is 12.7. The van der Waals surface area contributed by atoms with Crippen molar-refractivity contribution in [1.82, 2.24) is 0 Å². The van der Waals surface area contributed by atoms with E-state index in [2.05, 4.69) is 0 Å². The monoisotopic (exact) mass is 534 g/mol. The Labute approximate surface area is 224 Å². The van der Waals surface area contributed by atoms with Gasteiger partial charge in [-0.25, -0.2) is 0 Å². The molecule has 192 valence electrons. The van der Waals surface area contributed by atoms with E-state index < -0.39 is 0 Å². The normalized spacial score (nSPS) is 13.1. The third-order valence-corrected chi connectivity index (χ3v) is 8.80. The van der Waals surface area contributed by atoms with Crippen molar-refractivity contribution in [2.45, 2.75) is 64.7 Å². The van der Waals surface area contributed by atoms with Gasteiger partial charge in [-0.3, -0.25) is 19.2 Å². The van der Waals surface area contributed by atoms with Crippen molar-refractivity contribution in [3.8, 4) is 16.2 Å². The van der Waals surface area contributed by atoms with Gasteiger partial charge in [-0.2, -0.15) is 0 Å². The van der Waals surface area contributed by atoms with Crippen LogP contribution in [0.25, 0.3) is 10.4 Å². The zero-order valence-corrected chi connectivity index (χ0v) is 22.6. The molecule has 4 rings (SSSR count). The number of ether oxygens (including phenoxy) is 1. The third kappa shape index (κ3) is 6.99. The van der Waals surface area contributed by atoms with Crippen LogP contribution in [0.15, 0.2) is 70.5 Å². The van der Waals surface area contributed by atoms with Crippen molar-refractivity contribution in [2.75, 3.05) is 0 Å². The van der Waals surface area contributed by atoms with Crippen LogP contribution >= 0.6 is 20.7 Å². The molecule has 3 aromatic rings. The van der Waals surface area contributed by atoms with Crippen molar-refractivity contribution in [3.05, 3.63) is 86.4 Å². The fourth-order valence-corrected chi connectivity index (χ4v) is 6.44. The molecule has 0 radical (unpaired) electrons. The van der Waals surface area contributed by atoms with Crippen molar-refractivity contribution < 1.29 is 19.1 Å². The highest BCUT2D eigenvalue weighted by Gasteiger charge is 2.28. The number of hydrogen-bond donors (Lipinski definition) is 0. The van der Waals surface area contributed by atoms with Gasteiger partial charge in [0, 0.05) is 39.6 Å². The lowest BCUT2D eigenvalue weighted by atomic mass is 9.82. The smallest absolute Gasteiger partial charge is 0.311 e. The molecule has 0 bridgehead atoms. The highest BCUT2D eigenvalue weighted by atomic mass is 32.9. The lowest BCUT2D eigenvalue weighted by Gasteiger charge is -2.18. The molecular weight excluding hydrogens is 504 g/mol. The van der Waals surface area contributed by atoms with E-state index in [1.807, 2.05) is 12.1 Å². The fraction of sp³-hybridized carbons (Fsp3) is 0.333. The van der Waals surface area contributed by atoms with Crippen LogP contribution in [0.4, 0.5) is 0 Å². The fourth-order valence-electron chi connectivity index (χ4n) is 4.55. The third-order valence-electron chi connectivity index (χ3n) is 6.62. The lowest BCUT2D eigenvalue weighted by molar-refractivity contribution is -0.134. The highest BCUT2D eigenvalue weighted by molar-refractivity contribution is 7.69. The first-order valence-corrected chi connectivity index (χ1v) is 14.9. The number of unbranched alkanes of at least 4 members (excludes halogenated alkanes) is 6. The summed E-state index contributed by atoms with van der Waals surface area (Å²) in [5.74, 6) is 0.253. The molecular formula is C30H30O5S2. The van der Waals surface area contributed by atoms with Gasteiger partial charge in [0.1, 0.15) is 5.75 Å². The van der Waals surface area contributed by atoms with E-state index in [0.29, 0.717) is 40.9 Å². The van der Waals surface area contributed by atoms with Gasteiger partial charge in [0.15, 0.2) is 11.6 Å². The van der Waals surface area contributed by atoms with E-state index in [1.165, 1.54) is 20.7 Å². The average Bonchev–Trinajstić information content (AvgIpc) is 3.34. The van der Waals surface area contributed by atoms with Gasteiger partial charge in [-0.15, -0.1) is 0 Å². The Morgan fingerprint density at radius 1 is 0.757 bits per heavy atom. The van der Waals surface area contributed by atoms with Gasteiger partial charge in [0.05, 0.1) is 0 Å². The van der Waals surface area contributed by atoms with E-state index in [0.717, 1.165) is 55.4 Å². The van der Waals surface area contributed by atoms with Gasteiger partial charge in [0.2, 0.25) is 4.74 Å². The molecule has 2 aromatic carbocycles. The summed E-state index contributed by atoms with van der Waals surface area (Å²) in [5, 5.41) is 0. The predicted octanol–water partition coefficient (Wildman–Crippen LogP) is 7.65. The van der Waals surface area contributed by atoms with E-state index in [4.69, 9.17) is 4.74 Å². The maximum absolute atomic E-state index is 12.8. The van der Waals surface area contributed by atoms with E-state index >= 15 is 0 Å². The van der Waals surface area contributed by atoms with Gasteiger partial charge in [-0.05, 0) is 66.4 Å². The number of hydrogen-bond acceptors (Lipinski definition) is 7. The van der Waals surface area contributed by atoms with Crippen LogP contribution < -0.4 is 9.48 Å². The van der Waals surface area contributed by atoms with Crippen LogP contribution in [-0.2, 0) is 4.79 Å². The van der Waals surface area contributed by atoms with Gasteiger partial charge in [0.25, 0.3) is 0 Å². The van der Waals surface area contributed by atoms with Gasteiger partial charge < -0.3 is 4.74 Å². The molecule has 5 nitrogen and oxygen atoms in total. The summed E-state index contributed by atoms with van der Waals surface area (Å²) in [4.78, 5) is 49.8. The summed E-state index contributed by atoms with van der Waals surface area (Å²) in [5.41, 5.74) is 3.25. The van der Waals surface area contributed by atoms with Crippen LogP contribution in [0.2, 0.25) is 0 Å². The summed E-state index contributed by atoms with van der Waals surface area (Å²) in [6.45, 7) is 1.77. The zero-order valence-electron chi connectivity index (χ0n) is 20.9. The number of rotatable bonds is 12. The minimum atomic E-state index is -0.232. The molecule has 0 aliphatic heterocycles. The Morgan fingerprint density at radius 3 is 2.03 bits per heavy atom. The SMILES string of the molecule is CC1=C(CCCCCCCCCC(=O)Oc2ccc(-c3cc(=O)ss3)cc2)C(=O)c2ccccc2C1=O. The molecule has 0 spiro atoms. The van der Waals surface area contributed by atoms with Crippen LogP contribution in [0.1, 0.15) is 85.4 Å². The van der Waals surface area contributed by atoms with Crippen LogP contribution in [-0.4, -0.2) is 17.5 Å². The molecule has 1 aliphatic carbocycles. The van der Waals surface area contributed by atoms with Gasteiger partial charge >= 0.3 is 5.97 Å². The second kappa shape index (κ2) is 12.9. The first kappa shape index (κ1) is 26.9. The molecule has 7 heteroatoms. The molecule has 1 aliphatic rings. The number of Topliss-reactive ketones (excluding diaryl/α,β-unsaturated/α-hetero) is 2. The standard InChI is InChI=1S/C30H30O5S2/c1-20-23(30(34)25-13-10-9-12-24(25)29(20)33)11-7-5-3-2-4-6-8-14-27(31)35-22-17-15-21(16-18-22)26-19-28(32)37-36-26/h9-10,12-13,15-19H,2-8,11,14H2,1H3. The van der Waals surface area contributed by atoms with E-state index in [9.17, 15) is 19.2 Å². The molecule has 1 aromatic heterocycles. The quantitative estimate of drug-likeness (QED) is 0.103. The number of carbonyl (C=O) groups is 3. The molecule has 0 saturated heterocycles. The minimum absolute atomic E-state index is 0.00340. The van der Waals surface area contributed by atoms with Crippen molar-refractivity contribution in [3.63, 3.8) is 0 Å². The Hall–Kier alpha value is -3.16. The van der Waals surface area contributed by atoms with E-state index in [1.54, 1.807) is 49.4 Å². The summed E-state index contributed by atoms with van der Waals surface area (Å²) >= 11 is 0. The van der Waals surface area contributed by atoms with Crippen LogP contribution in [0, 0.1) is 0 Å². The summed E-state index contributed by atoms with van der Waals surface area (Å²) in [6, 6.07) is 15.9. The predicted molar refractivity (Wildman–Crippen MR) is 149 cm³/mol.